The minimum atomic E-state index is -0.914. The third-order valence-corrected chi connectivity index (χ3v) is 8.49. The molecule has 0 spiro atoms. The van der Waals surface area contributed by atoms with E-state index in [9.17, 15) is 19.5 Å². The monoisotopic (exact) mass is 676 g/mol. The summed E-state index contributed by atoms with van der Waals surface area (Å²) in [6, 6.07) is 20.9. The number of carbonyl (C=O) groups excluding carboxylic acids is 3. The molecule has 1 saturated carbocycles. The lowest BCUT2D eigenvalue weighted by Gasteiger charge is -2.37. The number of aromatic hydroxyl groups is 1. The van der Waals surface area contributed by atoms with Gasteiger partial charge in [0.25, 0.3) is 5.91 Å². The predicted molar refractivity (Wildman–Crippen MR) is 182 cm³/mol. The van der Waals surface area contributed by atoms with Crippen molar-refractivity contribution in [3.05, 3.63) is 101 Å². The standard InChI is InChI=1S/C37H33ClN6O5/c38-28-13-16-32(45)30(21-28)33-27(22-43(42-33)18-4-17-39)10-7-24-8-14-29(15-9-24)40-36(47)31-23-49-20-19-44(31)37(48)34(25-5-2-1-3-6-25)41-35(46)26-11-12-26/h1-3,5-6,8-9,13-16,21-22,26,31,34,45H,4,11-12,18-20,23H2,(H,40,47)(H,41,46)/t31-,34+/m1/s1. The number of rotatable bonds is 9. The van der Waals surface area contributed by atoms with E-state index in [0.717, 1.165) is 12.8 Å². The fourth-order valence-corrected chi connectivity index (χ4v) is 5.65. The zero-order chi connectivity index (χ0) is 34.3. The lowest BCUT2D eigenvalue weighted by molar-refractivity contribution is -0.149. The van der Waals surface area contributed by atoms with Crippen molar-refractivity contribution in [3.63, 3.8) is 0 Å². The first-order valence-electron chi connectivity index (χ1n) is 15.9. The van der Waals surface area contributed by atoms with Gasteiger partial charge in [-0.3, -0.25) is 19.1 Å². The molecule has 49 heavy (non-hydrogen) atoms. The summed E-state index contributed by atoms with van der Waals surface area (Å²) in [6.07, 6.45) is 3.58. The maximum atomic E-state index is 13.9. The van der Waals surface area contributed by atoms with Crippen molar-refractivity contribution in [2.75, 3.05) is 25.1 Å². The number of nitrogens with zero attached hydrogens (tertiary/aromatic N) is 4. The normalized spacial score (nSPS) is 16.1. The summed E-state index contributed by atoms with van der Waals surface area (Å²) in [5, 5.41) is 30.2. The van der Waals surface area contributed by atoms with E-state index in [-0.39, 0.29) is 49.7 Å². The molecule has 6 rings (SSSR count). The molecule has 3 aromatic carbocycles. The highest BCUT2D eigenvalue weighted by Gasteiger charge is 2.39. The summed E-state index contributed by atoms with van der Waals surface area (Å²) in [4.78, 5) is 41.6. The average Bonchev–Trinajstić information content (AvgIpc) is 3.91. The minimum absolute atomic E-state index is 0.000283. The van der Waals surface area contributed by atoms with Gasteiger partial charge in [-0.15, -0.1) is 0 Å². The first-order valence-corrected chi connectivity index (χ1v) is 16.3. The van der Waals surface area contributed by atoms with Crippen molar-refractivity contribution in [2.45, 2.75) is 37.9 Å². The molecule has 1 aliphatic carbocycles. The van der Waals surface area contributed by atoms with Crippen LogP contribution in [0.25, 0.3) is 11.3 Å². The van der Waals surface area contributed by atoms with Crippen molar-refractivity contribution < 1.29 is 24.2 Å². The van der Waals surface area contributed by atoms with E-state index in [1.54, 1.807) is 59.4 Å². The average molecular weight is 677 g/mol. The molecule has 0 radical (unpaired) electrons. The van der Waals surface area contributed by atoms with E-state index in [1.165, 1.54) is 11.0 Å². The van der Waals surface area contributed by atoms with Crippen LogP contribution in [0.4, 0.5) is 5.69 Å². The summed E-state index contributed by atoms with van der Waals surface area (Å²) >= 11 is 6.18. The van der Waals surface area contributed by atoms with Crippen molar-refractivity contribution >= 4 is 35.0 Å². The van der Waals surface area contributed by atoms with Gasteiger partial charge >= 0.3 is 0 Å². The Morgan fingerprint density at radius 1 is 1.04 bits per heavy atom. The molecule has 2 heterocycles. The molecule has 0 unspecified atom stereocenters. The molecule has 0 bridgehead atoms. The van der Waals surface area contributed by atoms with Crippen molar-refractivity contribution in [1.29, 1.82) is 5.26 Å². The Labute approximate surface area is 288 Å². The molecule has 1 saturated heterocycles. The van der Waals surface area contributed by atoms with Crippen LogP contribution in [0.5, 0.6) is 5.75 Å². The van der Waals surface area contributed by atoms with Crippen LogP contribution in [0.2, 0.25) is 5.02 Å². The number of carbonyl (C=O) groups is 3. The molecule has 3 amide bonds. The number of ether oxygens (including phenoxy) is 1. The zero-order valence-electron chi connectivity index (χ0n) is 26.4. The number of aryl methyl sites for hydroxylation is 1. The quantitative estimate of drug-likeness (QED) is 0.218. The first-order chi connectivity index (χ1) is 23.8. The van der Waals surface area contributed by atoms with Gasteiger partial charge in [0, 0.05) is 40.5 Å². The fourth-order valence-electron chi connectivity index (χ4n) is 5.48. The van der Waals surface area contributed by atoms with E-state index in [2.05, 4.69) is 33.6 Å². The zero-order valence-corrected chi connectivity index (χ0v) is 27.2. The molecule has 2 atom stereocenters. The highest BCUT2D eigenvalue weighted by Crippen LogP contribution is 2.33. The van der Waals surface area contributed by atoms with Crippen LogP contribution >= 0.6 is 11.6 Å². The molecule has 2 aliphatic rings. The first kappa shape index (κ1) is 33.3. The summed E-state index contributed by atoms with van der Waals surface area (Å²) < 4.78 is 7.21. The number of amides is 3. The lowest BCUT2D eigenvalue weighted by Crippen LogP contribution is -2.57. The number of morpholine rings is 1. The number of halogens is 1. The van der Waals surface area contributed by atoms with Crippen LogP contribution in [0, 0.1) is 29.1 Å². The third kappa shape index (κ3) is 8.10. The van der Waals surface area contributed by atoms with Gasteiger partial charge in [0.05, 0.1) is 37.8 Å². The second kappa shape index (κ2) is 15.1. The Bertz CT molecular complexity index is 1960. The molecular formula is C37H33ClN6O5. The lowest BCUT2D eigenvalue weighted by atomic mass is 10.0. The highest BCUT2D eigenvalue weighted by atomic mass is 35.5. The van der Waals surface area contributed by atoms with E-state index in [1.807, 2.05) is 18.2 Å². The number of nitrogens with one attached hydrogen (secondary N) is 2. The van der Waals surface area contributed by atoms with Gasteiger partial charge in [-0.25, -0.2) is 0 Å². The van der Waals surface area contributed by atoms with E-state index < -0.39 is 18.0 Å². The second-order valence-corrected chi connectivity index (χ2v) is 12.2. The van der Waals surface area contributed by atoms with E-state index in [0.29, 0.717) is 45.2 Å². The number of anilines is 1. The molecule has 248 valence electrons. The Balaban J connectivity index is 1.17. The Morgan fingerprint density at radius 2 is 1.82 bits per heavy atom. The van der Waals surface area contributed by atoms with Gasteiger partial charge < -0.3 is 25.4 Å². The van der Waals surface area contributed by atoms with Gasteiger partial charge in [0.2, 0.25) is 11.8 Å². The third-order valence-electron chi connectivity index (χ3n) is 8.25. The number of nitriles is 1. The van der Waals surface area contributed by atoms with Gasteiger partial charge in [-0.2, -0.15) is 10.4 Å². The maximum absolute atomic E-state index is 13.9. The van der Waals surface area contributed by atoms with Crippen LogP contribution in [0.1, 0.15) is 42.0 Å². The van der Waals surface area contributed by atoms with Gasteiger partial charge in [0.1, 0.15) is 23.5 Å². The number of benzene rings is 3. The van der Waals surface area contributed by atoms with Gasteiger partial charge in [-0.05, 0) is 60.9 Å². The van der Waals surface area contributed by atoms with Crippen molar-refractivity contribution in [2.24, 2.45) is 5.92 Å². The summed E-state index contributed by atoms with van der Waals surface area (Å²) in [7, 11) is 0. The smallest absolute Gasteiger partial charge is 0.250 e. The van der Waals surface area contributed by atoms with E-state index >= 15 is 0 Å². The Kier molecular flexibility index (Phi) is 10.2. The minimum Gasteiger partial charge on any atom is -0.507 e. The molecule has 1 aromatic heterocycles. The van der Waals surface area contributed by atoms with Gasteiger partial charge in [-0.1, -0.05) is 53.8 Å². The van der Waals surface area contributed by atoms with Crippen LogP contribution in [-0.2, 0) is 25.7 Å². The van der Waals surface area contributed by atoms with Crippen LogP contribution < -0.4 is 10.6 Å². The van der Waals surface area contributed by atoms with Crippen molar-refractivity contribution in [3.8, 4) is 34.9 Å². The summed E-state index contributed by atoms with van der Waals surface area (Å²) in [5.74, 6) is 5.17. The maximum Gasteiger partial charge on any atom is 0.250 e. The second-order valence-electron chi connectivity index (χ2n) is 11.8. The molecule has 3 N–H and O–H groups in total. The molecular weight excluding hydrogens is 644 g/mol. The molecule has 2 fully saturated rings. The number of phenols is 1. The van der Waals surface area contributed by atoms with Crippen LogP contribution in [-0.4, -0.2) is 63.3 Å². The fraction of sp³-hybridized carbons (Fsp3) is 0.270. The largest absolute Gasteiger partial charge is 0.507 e. The molecule has 4 aromatic rings. The summed E-state index contributed by atoms with van der Waals surface area (Å²) in [6.45, 7) is 0.858. The highest BCUT2D eigenvalue weighted by molar-refractivity contribution is 6.31. The molecule has 1 aliphatic heterocycles. The van der Waals surface area contributed by atoms with Gasteiger partial charge in [0.15, 0.2) is 0 Å². The summed E-state index contributed by atoms with van der Waals surface area (Å²) in [5.41, 5.74) is 3.20. The molecule has 12 heteroatoms. The Hall–Kier alpha value is -5.62. The SMILES string of the molecule is N#CCCn1cc(C#Cc2ccc(NC(=O)[C@H]3COCCN3C(=O)[C@@H](NC(=O)C3CC3)c3ccccc3)cc2)c(-c2cc(Cl)ccc2O)n1. The van der Waals surface area contributed by atoms with Crippen LogP contribution in [0.3, 0.4) is 0 Å². The predicted octanol–water partition coefficient (Wildman–Crippen LogP) is 4.66. The molecule has 11 nitrogen and oxygen atoms in total. The topological polar surface area (TPSA) is 150 Å². The van der Waals surface area contributed by atoms with Crippen LogP contribution in [0.15, 0.2) is 79.0 Å². The van der Waals surface area contributed by atoms with Crippen molar-refractivity contribution in [1.82, 2.24) is 20.0 Å². The number of phenolic OH excluding ortho intramolecular Hbond substituents is 1. The number of aromatic nitrogens is 2. The Morgan fingerprint density at radius 3 is 2.55 bits per heavy atom. The van der Waals surface area contributed by atoms with E-state index in [4.69, 9.17) is 21.6 Å². The number of hydrogen-bond acceptors (Lipinski definition) is 7. The number of hydrogen-bond donors (Lipinski definition) is 3.